The first-order valence-corrected chi connectivity index (χ1v) is 10.1. The van der Waals surface area contributed by atoms with Crippen LogP contribution in [0.25, 0.3) is 6.08 Å². The lowest BCUT2D eigenvalue weighted by atomic mass is 10.0. The minimum absolute atomic E-state index is 0.111. The Bertz CT molecular complexity index is 875. The van der Waals surface area contributed by atoms with Crippen molar-refractivity contribution in [2.24, 2.45) is 0 Å². The largest absolute Gasteiger partial charge is 0.369 e. The molecule has 2 aromatic rings. The van der Waals surface area contributed by atoms with Gasteiger partial charge in [-0.2, -0.15) is 5.26 Å². The van der Waals surface area contributed by atoms with Crippen LogP contribution in [0, 0.1) is 11.3 Å². The Morgan fingerprint density at radius 3 is 2.34 bits per heavy atom. The van der Waals surface area contributed by atoms with Gasteiger partial charge in [-0.15, -0.1) is 0 Å². The van der Waals surface area contributed by atoms with Crippen LogP contribution in [0.3, 0.4) is 0 Å². The molecule has 150 valence electrons. The van der Waals surface area contributed by atoms with Crippen LogP contribution in [0.15, 0.2) is 60.2 Å². The Balaban J connectivity index is 1.68. The maximum absolute atomic E-state index is 12.7. The van der Waals surface area contributed by atoms with Gasteiger partial charge in [0.05, 0.1) is 6.04 Å². The zero-order valence-electron chi connectivity index (χ0n) is 17.1. The van der Waals surface area contributed by atoms with E-state index >= 15 is 0 Å². The van der Waals surface area contributed by atoms with Crippen molar-refractivity contribution >= 4 is 17.7 Å². The highest BCUT2D eigenvalue weighted by Crippen LogP contribution is 2.20. The number of carbonyl (C=O) groups excluding carboxylic acids is 1. The van der Waals surface area contributed by atoms with Gasteiger partial charge in [0.15, 0.2) is 0 Å². The summed E-state index contributed by atoms with van der Waals surface area (Å²) in [7, 11) is 2.14. The van der Waals surface area contributed by atoms with Crippen molar-refractivity contribution in [3.05, 3.63) is 71.3 Å². The first kappa shape index (κ1) is 20.6. The van der Waals surface area contributed by atoms with E-state index in [1.54, 1.807) is 6.08 Å². The van der Waals surface area contributed by atoms with Crippen molar-refractivity contribution in [3.63, 3.8) is 0 Å². The molecule has 1 amide bonds. The molecule has 0 spiro atoms. The summed E-state index contributed by atoms with van der Waals surface area (Å²) < 4.78 is 0. The summed E-state index contributed by atoms with van der Waals surface area (Å²) in [4.78, 5) is 17.3. The van der Waals surface area contributed by atoms with Crippen LogP contribution in [0.5, 0.6) is 0 Å². The van der Waals surface area contributed by atoms with Gasteiger partial charge in [-0.3, -0.25) is 4.79 Å². The van der Waals surface area contributed by atoms with Gasteiger partial charge in [0.2, 0.25) is 0 Å². The topological polar surface area (TPSA) is 59.4 Å². The van der Waals surface area contributed by atoms with Crippen molar-refractivity contribution in [1.29, 1.82) is 5.26 Å². The molecule has 0 saturated carbocycles. The highest BCUT2D eigenvalue weighted by Gasteiger charge is 2.17. The molecule has 1 unspecified atom stereocenters. The lowest BCUT2D eigenvalue weighted by Crippen LogP contribution is -2.44. The second-order valence-corrected chi connectivity index (χ2v) is 7.40. The molecule has 1 saturated heterocycles. The first-order valence-electron chi connectivity index (χ1n) is 10.1. The molecule has 5 heteroatoms. The minimum atomic E-state index is -0.341. The average Bonchev–Trinajstić information content (AvgIpc) is 2.77. The summed E-state index contributed by atoms with van der Waals surface area (Å²) in [5.41, 5.74) is 3.18. The van der Waals surface area contributed by atoms with E-state index in [0.29, 0.717) is 0 Å². The number of carbonyl (C=O) groups is 1. The summed E-state index contributed by atoms with van der Waals surface area (Å²) in [6.07, 6.45) is 2.41. The van der Waals surface area contributed by atoms with Gasteiger partial charge < -0.3 is 15.1 Å². The number of likely N-dealkylation sites (N-methyl/N-ethyl adjacent to an activating group) is 1. The van der Waals surface area contributed by atoms with E-state index in [1.165, 1.54) is 5.69 Å². The summed E-state index contributed by atoms with van der Waals surface area (Å²) in [5, 5.41) is 12.5. The third-order valence-corrected chi connectivity index (χ3v) is 5.35. The lowest BCUT2D eigenvalue weighted by Gasteiger charge is -2.34. The molecule has 0 aromatic heterocycles. The highest BCUT2D eigenvalue weighted by atomic mass is 16.1. The normalized spacial score (nSPS) is 16.2. The van der Waals surface area contributed by atoms with Crippen LogP contribution in [0.4, 0.5) is 5.69 Å². The van der Waals surface area contributed by atoms with Crippen LogP contribution in [0.2, 0.25) is 0 Å². The Morgan fingerprint density at radius 2 is 1.76 bits per heavy atom. The molecule has 1 aliphatic rings. The number of piperazine rings is 1. The Hall–Kier alpha value is -3.10. The molecule has 3 rings (SSSR count). The van der Waals surface area contributed by atoms with E-state index in [9.17, 15) is 10.1 Å². The molecule has 0 aliphatic carbocycles. The monoisotopic (exact) mass is 388 g/mol. The quantitative estimate of drug-likeness (QED) is 0.607. The average molecular weight is 389 g/mol. The summed E-state index contributed by atoms with van der Waals surface area (Å²) in [6, 6.07) is 19.8. The number of amides is 1. The van der Waals surface area contributed by atoms with Gasteiger partial charge in [0.25, 0.3) is 5.91 Å². The molecule has 1 aliphatic heterocycles. The van der Waals surface area contributed by atoms with Crippen molar-refractivity contribution < 1.29 is 4.79 Å². The Kier molecular flexibility index (Phi) is 7.04. The number of rotatable bonds is 6. The molecule has 0 bridgehead atoms. The van der Waals surface area contributed by atoms with Crippen LogP contribution in [-0.2, 0) is 4.79 Å². The maximum Gasteiger partial charge on any atom is 0.262 e. The zero-order chi connectivity index (χ0) is 20.6. The standard InChI is InChI=1S/C24H28N4O/c1-3-23(20-7-5-4-6-8-20)26-24(29)21(18-25)17-19-9-11-22(12-10-19)28-15-13-27(2)14-16-28/h4-12,17,23H,3,13-16H2,1-2H3,(H,26,29)/b21-17-. The van der Waals surface area contributed by atoms with Crippen LogP contribution in [-0.4, -0.2) is 44.0 Å². The van der Waals surface area contributed by atoms with Crippen molar-refractivity contribution in [2.75, 3.05) is 38.1 Å². The van der Waals surface area contributed by atoms with E-state index in [1.807, 2.05) is 55.5 Å². The van der Waals surface area contributed by atoms with Crippen molar-refractivity contribution in [1.82, 2.24) is 10.2 Å². The third-order valence-electron chi connectivity index (χ3n) is 5.35. The minimum Gasteiger partial charge on any atom is -0.369 e. The fourth-order valence-corrected chi connectivity index (χ4v) is 3.50. The fourth-order valence-electron chi connectivity index (χ4n) is 3.50. The molecular formula is C24H28N4O. The molecule has 0 radical (unpaired) electrons. The van der Waals surface area contributed by atoms with Gasteiger partial charge in [0, 0.05) is 31.9 Å². The fraction of sp³-hybridized carbons (Fsp3) is 0.333. The van der Waals surface area contributed by atoms with Gasteiger partial charge in [-0.25, -0.2) is 0 Å². The van der Waals surface area contributed by atoms with Gasteiger partial charge in [0.1, 0.15) is 11.6 Å². The first-order chi connectivity index (χ1) is 14.1. The number of nitriles is 1. The van der Waals surface area contributed by atoms with E-state index in [4.69, 9.17) is 0 Å². The molecular weight excluding hydrogens is 360 g/mol. The van der Waals surface area contributed by atoms with Gasteiger partial charge in [-0.05, 0) is 42.8 Å². The Labute approximate surface area is 173 Å². The number of benzene rings is 2. The maximum atomic E-state index is 12.7. The number of nitrogens with one attached hydrogen (secondary N) is 1. The smallest absolute Gasteiger partial charge is 0.262 e. The molecule has 1 N–H and O–H groups in total. The summed E-state index contributed by atoms with van der Waals surface area (Å²) in [5.74, 6) is -0.341. The molecule has 2 aromatic carbocycles. The molecule has 1 heterocycles. The predicted molar refractivity (Wildman–Crippen MR) is 117 cm³/mol. The highest BCUT2D eigenvalue weighted by molar-refractivity contribution is 6.01. The molecule has 29 heavy (non-hydrogen) atoms. The zero-order valence-corrected chi connectivity index (χ0v) is 17.1. The van der Waals surface area contributed by atoms with E-state index in [2.05, 4.69) is 34.3 Å². The van der Waals surface area contributed by atoms with Crippen molar-refractivity contribution in [2.45, 2.75) is 19.4 Å². The molecule has 1 fully saturated rings. The number of hydrogen-bond donors (Lipinski definition) is 1. The summed E-state index contributed by atoms with van der Waals surface area (Å²) >= 11 is 0. The molecule has 5 nitrogen and oxygen atoms in total. The molecule has 1 atom stereocenters. The number of anilines is 1. The van der Waals surface area contributed by atoms with Gasteiger partial charge in [-0.1, -0.05) is 49.4 Å². The van der Waals surface area contributed by atoms with Crippen LogP contribution >= 0.6 is 0 Å². The second kappa shape index (κ2) is 9.90. The number of nitrogens with zero attached hydrogens (tertiary/aromatic N) is 3. The van der Waals surface area contributed by atoms with Crippen LogP contribution < -0.4 is 10.2 Å². The van der Waals surface area contributed by atoms with E-state index < -0.39 is 0 Å². The predicted octanol–water partition coefficient (Wildman–Crippen LogP) is 3.61. The van der Waals surface area contributed by atoms with E-state index in [0.717, 1.165) is 43.7 Å². The van der Waals surface area contributed by atoms with Crippen molar-refractivity contribution in [3.8, 4) is 6.07 Å². The number of hydrogen-bond acceptors (Lipinski definition) is 4. The second-order valence-electron chi connectivity index (χ2n) is 7.40. The summed E-state index contributed by atoms with van der Waals surface area (Å²) in [6.45, 7) is 6.15. The van der Waals surface area contributed by atoms with Gasteiger partial charge >= 0.3 is 0 Å². The van der Waals surface area contributed by atoms with E-state index in [-0.39, 0.29) is 17.5 Å². The third kappa shape index (κ3) is 5.46. The van der Waals surface area contributed by atoms with Crippen LogP contribution in [0.1, 0.15) is 30.5 Å². The SMILES string of the molecule is CCC(NC(=O)/C(C#N)=C\c1ccc(N2CCN(C)CC2)cc1)c1ccccc1. The lowest BCUT2D eigenvalue weighted by molar-refractivity contribution is -0.117. The Morgan fingerprint density at radius 1 is 1.10 bits per heavy atom.